The van der Waals surface area contributed by atoms with Crippen LogP contribution in [0.4, 0.5) is 5.69 Å². The largest absolute Gasteiger partial charge is 0.389 e. The lowest BCUT2D eigenvalue weighted by molar-refractivity contribution is 0.405. The molecule has 0 saturated carbocycles. The summed E-state index contributed by atoms with van der Waals surface area (Å²) in [6.07, 6.45) is 1.13. The van der Waals surface area contributed by atoms with Crippen molar-refractivity contribution in [2.45, 2.75) is 6.42 Å². The molecule has 0 radical (unpaired) electrons. The van der Waals surface area contributed by atoms with Crippen LogP contribution in [0.1, 0.15) is 12.0 Å². The van der Waals surface area contributed by atoms with Crippen LogP contribution in [-0.4, -0.2) is 37.1 Å². The lowest BCUT2D eigenvalue weighted by atomic mass is 10.2. The van der Waals surface area contributed by atoms with Gasteiger partial charge in [-0.3, -0.25) is 0 Å². The van der Waals surface area contributed by atoms with E-state index in [1.807, 2.05) is 24.3 Å². The Morgan fingerprint density at radius 3 is 2.44 bits per heavy atom. The van der Waals surface area contributed by atoms with E-state index >= 15 is 0 Å². The van der Waals surface area contributed by atoms with Gasteiger partial charge in [-0.15, -0.1) is 0 Å². The van der Waals surface area contributed by atoms with Gasteiger partial charge in [0.1, 0.15) is 4.99 Å². The third-order valence-electron chi connectivity index (χ3n) is 2.28. The van der Waals surface area contributed by atoms with Gasteiger partial charge in [-0.25, -0.2) is 0 Å². The molecule has 0 saturated heterocycles. The van der Waals surface area contributed by atoms with E-state index in [1.165, 1.54) is 0 Å². The topological polar surface area (TPSA) is 41.3 Å². The number of rotatable bonds is 6. The highest BCUT2D eigenvalue weighted by Gasteiger charge is 1.96. The van der Waals surface area contributed by atoms with Gasteiger partial charge in [0.2, 0.25) is 0 Å². The molecule has 1 aromatic rings. The molecule has 0 heterocycles. The number of thiocarbonyl (C=S) groups is 1. The maximum absolute atomic E-state index is 5.52. The summed E-state index contributed by atoms with van der Waals surface area (Å²) >= 11 is 4.89. The summed E-state index contributed by atoms with van der Waals surface area (Å²) in [5, 5.41) is 3.36. The predicted molar refractivity (Wildman–Crippen MR) is 74.0 cm³/mol. The summed E-state index contributed by atoms with van der Waals surface area (Å²) in [4.78, 5) is 2.62. The number of anilines is 1. The van der Waals surface area contributed by atoms with Gasteiger partial charge >= 0.3 is 0 Å². The average Bonchev–Trinajstić information content (AvgIpc) is 2.25. The van der Waals surface area contributed by atoms with E-state index in [1.54, 1.807) is 0 Å². The third kappa shape index (κ3) is 4.59. The smallest absolute Gasteiger partial charge is 0.103 e. The molecule has 1 rings (SSSR count). The van der Waals surface area contributed by atoms with Gasteiger partial charge in [0.05, 0.1) is 0 Å². The van der Waals surface area contributed by atoms with Crippen LogP contribution >= 0.6 is 12.2 Å². The molecule has 3 nitrogen and oxygen atoms in total. The van der Waals surface area contributed by atoms with Crippen LogP contribution < -0.4 is 11.1 Å². The average molecular weight is 237 g/mol. The van der Waals surface area contributed by atoms with Gasteiger partial charge in [-0.05, 0) is 51.3 Å². The Morgan fingerprint density at radius 1 is 1.31 bits per heavy atom. The number of hydrogen-bond acceptors (Lipinski definition) is 3. The molecule has 3 N–H and O–H groups in total. The normalized spacial score (nSPS) is 10.4. The van der Waals surface area contributed by atoms with Crippen LogP contribution in [-0.2, 0) is 0 Å². The number of benzene rings is 1. The van der Waals surface area contributed by atoms with Gasteiger partial charge in [-0.2, -0.15) is 0 Å². The summed E-state index contributed by atoms with van der Waals surface area (Å²) < 4.78 is 0. The zero-order valence-electron chi connectivity index (χ0n) is 9.86. The second kappa shape index (κ2) is 6.45. The third-order valence-corrected chi connectivity index (χ3v) is 2.52. The van der Waals surface area contributed by atoms with Gasteiger partial charge in [-0.1, -0.05) is 12.2 Å². The first-order valence-corrected chi connectivity index (χ1v) is 5.79. The molecule has 0 unspecified atom stereocenters. The van der Waals surface area contributed by atoms with Crippen LogP contribution in [0, 0.1) is 0 Å². The highest BCUT2D eigenvalue weighted by atomic mass is 32.1. The van der Waals surface area contributed by atoms with Crippen molar-refractivity contribution in [1.29, 1.82) is 0 Å². The van der Waals surface area contributed by atoms with Crippen molar-refractivity contribution in [3.63, 3.8) is 0 Å². The Hall–Kier alpha value is -1.13. The van der Waals surface area contributed by atoms with Crippen LogP contribution in [0.2, 0.25) is 0 Å². The first-order valence-electron chi connectivity index (χ1n) is 5.38. The van der Waals surface area contributed by atoms with Crippen molar-refractivity contribution in [2.24, 2.45) is 5.73 Å². The fourth-order valence-electron chi connectivity index (χ4n) is 1.38. The molecular weight excluding hydrogens is 218 g/mol. The van der Waals surface area contributed by atoms with Crippen molar-refractivity contribution in [3.8, 4) is 0 Å². The minimum atomic E-state index is 0.444. The van der Waals surface area contributed by atoms with Crippen molar-refractivity contribution in [2.75, 3.05) is 32.5 Å². The highest BCUT2D eigenvalue weighted by Crippen LogP contribution is 2.09. The van der Waals surface area contributed by atoms with Crippen molar-refractivity contribution < 1.29 is 0 Å². The molecule has 1 aromatic carbocycles. The van der Waals surface area contributed by atoms with Crippen LogP contribution in [0.5, 0.6) is 0 Å². The fourth-order valence-corrected chi connectivity index (χ4v) is 1.52. The monoisotopic (exact) mass is 237 g/mol. The summed E-state index contributed by atoms with van der Waals surface area (Å²) in [6, 6.07) is 7.89. The first kappa shape index (κ1) is 12.9. The lowest BCUT2D eigenvalue weighted by Crippen LogP contribution is -2.16. The first-order chi connectivity index (χ1) is 7.59. The Bertz CT molecular complexity index is 333. The molecular formula is C12H19N3S. The Morgan fingerprint density at radius 2 is 1.94 bits per heavy atom. The number of nitrogens with one attached hydrogen (secondary N) is 1. The molecule has 88 valence electrons. The van der Waals surface area contributed by atoms with Gasteiger partial charge in [0.15, 0.2) is 0 Å². The number of hydrogen-bond donors (Lipinski definition) is 2. The maximum atomic E-state index is 5.52. The summed E-state index contributed by atoms with van der Waals surface area (Å²) in [5.74, 6) is 0. The summed E-state index contributed by atoms with van der Waals surface area (Å²) in [5.41, 5.74) is 7.55. The van der Waals surface area contributed by atoms with Gasteiger partial charge < -0.3 is 16.0 Å². The Kier molecular flexibility index (Phi) is 5.22. The van der Waals surface area contributed by atoms with E-state index in [4.69, 9.17) is 18.0 Å². The zero-order chi connectivity index (χ0) is 12.0. The quantitative estimate of drug-likeness (QED) is 0.583. The Labute approximate surface area is 103 Å². The molecule has 16 heavy (non-hydrogen) atoms. The molecule has 0 aliphatic heterocycles. The van der Waals surface area contributed by atoms with Gasteiger partial charge in [0, 0.05) is 17.8 Å². The highest BCUT2D eigenvalue weighted by molar-refractivity contribution is 7.80. The van der Waals surface area contributed by atoms with E-state index in [9.17, 15) is 0 Å². The minimum Gasteiger partial charge on any atom is -0.389 e. The molecule has 0 fully saturated rings. The minimum absolute atomic E-state index is 0.444. The van der Waals surface area contributed by atoms with Gasteiger partial charge in [0.25, 0.3) is 0 Å². The molecule has 4 heteroatoms. The van der Waals surface area contributed by atoms with E-state index in [0.717, 1.165) is 30.8 Å². The standard InChI is InChI=1S/C12H19N3S/c1-15(2)9-3-8-14-11-6-4-10(5-7-11)12(13)16/h4-7,14H,3,8-9H2,1-2H3,(H2,13,16). The van der Waals surface area contributed by atoms with Crippen molar-refractivity contribution >= 4 is 22.9 Å². The lowest BCUT2D eigenvalue weighted by Gasteiger charge is -2.10. The molecule has 0 aliphatic carbocycles. The number of nitrogens with zero attached hydrogens (tertiary/aromatic N) is 1. The molecule has 0 aliphatic rings. The van der Waals surface area contributed by atoms with E-state index < -0.39 is 0 Å². The second-order valence-electron chi connectivity index (χ2n) is 4.03. The molecule has 0 amide bonds. The summed E-state index contributed by atoms with van der Waals surface area (Å²) in [6.45, 7) is 2.07. The van der Waals surface area contributed by atoms with E-state index in [-0.39, 0.29) is 0 Å². The number of nitrogens with two attached hydrogens (primary N) is 1. The second-order valence-corrected chi connectivity index (χ2v) is 4.47. The molecule has 0 aromatic heterocycles. The zero-order valence-corrected chi connectivity index (χ0v) is 10.7. The molecule has 0 atom stereocenters. The van der Waals surface area contributed by atoms with Crippen LogP contribution in [0.25, 0.3) is 0 Å². The van der Waals surface area contributed by atoms with Crippen LogP contribution in [0.15, 0.2) is 24.3 Å². The van der Waals surface area contributed by atoms with Crippen molar-refractivity contribution in [3.05, 3.63) is 29.8 Å². The molecule has 0 bridgehead atoms. The van der Waals surface area contributed by atoms with E-state index in [0.29, 0.717) is 4.99 Å². The van der Waals surface area contributed by atoms with Crippen molar-refractivity contribution in [1.82, 2.24) is 4.90 Å². The SMILES string of the molecule is CN(C)CCCNc1ccc(C(N)=S)cc1. The summed E-state index contributed by atoms with van der Waals surface area (Å²) in [7, 11) is 4.16. The van der Waals surface area contributed by atoms with Crippen LogP contribution in [0.3, 0.4) is 0 Å². The fraction of sp³-hybridized carbons (Fsp3) is 0.417. The predicted octanol–water partition coefficient (Wildman–Crippen LogP) is 1.68. The maximum Gasteiger partial charge on any atom is 0.103 e. The Balaban J connectivity index is 2.35. The van der Waals surface area contributed by atoms with E-state index in [2.05, 4.69) is 24.3 Å². The molecule has 0 spiro atoms.